The van der Waals surface area contributed by atoms with Crippen LogP contribution in [0.3, 0.4) is 0 Å². The van der Waals surface area contributed by atoms with Crippen LogP contribution in [0.2, 0.25) is 0 Å². The van der Waals surface area contributed by atoms with Crippen LogP contribution < -0.4 is 10.9 Å². The number of alkyl halides is 3. The van der Waals surface area contributed by atoms with Crippen LogP contribution >= 0.6 is 0 Å². The maximum Gasteiger partial charge on any atom is 0.419 e. The number of rotatable bonds is 8. The third-order valence-electron chi connectivity index (χ3n) is 7.64. The van der Waals surface area contributed by atoms with E-state index in [0.29, 0.717) is 30.2 Å². The summed E-state index contributed by atoms with van der Waals surface area (Å²) in [6.45, 7) is 4.77. The van der Waals surface area contributed by atoms with E-state index in [1.165, 1.54) is 12.4 Å². The molecule has 0 amide bonds. The van der Waals surface area contributed by atoms with Gasteiger partial charge in [0.05, 0.1) is 23.1 Å². The molecule has 1 unspecified atom stereocenters. The molecule has 1 aliphatic carbocycles. The number of aromatic nitrogens is 5. The van der Waals surface area contributed by atoms with Gasteiger partial charge in [0.15, 0.2) is 5.65 Å². The Hall–Kier alpha value is -3.57. The minimum absolute atomic E-state index is 0.222. The highest BCUT2D eigenvalue weighted by Crippen LogP contribution is 2.51. The van der Waals surface area contributed by atoms with Gasteiger partial charge < -0.3 is 14.6 Å². The molecule has 1 fully saturated rings. The average Bonchev–Trinajstić information content (AvgIpc) is 3.32. The lowest BCUT2D eigenvalue weighted by Gasteiger charge is -2.46. The third kappa shape index (κ3) is 4.85. The first-order valence-electron chi connectivity index (χ1n) is 12.9. The number of nitrogens with one attached hydrogen (secondary N) is 1. The molecule has 206 valence electrons. The van der Waals surface area contributed by atoms with Gasteiger partial charge in [0.25, 0.3) is 5.56 Å². The Kier molecular flexibility index (Phi) is 7.06. The van der Waals surface area contributed by atoms with E-state index >= 15 is 0 Å². The molecule has 1 atom stereocenters. The summed E-state index contributed by atoms with van der Waals surface area (Å²) >= 11 is 0. The zero-order valence-corrected chi connectivity index (χ0v) is 22.3. The third-order valence-corrected chi connectivity index (χ3v) is 7.64. The first kappa shape index (κ1) is 27.0. The topological polar surface area (TPSA) is 86.3 Å². The van der Waals surface area contributed by atoms with E-state index in [0.717, 1.165) is 34.7 Å². The van der Waals surface area contributed by atoms with Crippen molar-refractivity contribution >= 4 is 5.65 Å². The highest BCUT2D eigenvalue weighted by molar-refractivity contribution is 5.66. The molecule has 0 radical (unpaired) electrons. The van der Waals surface area contributed by atoms with Gasteiger partial charge in [-0.2, -0.15) is 13.2 Å². The van der Waals surface area contributed by atoms with Gasteiger partial charge in [-0.15, -0.1) is 10.2 Å². The maximum absolute atomic E-state index is 14.0. The summed E-state index contributed by atoms with van der Waals surface area (Å²) in [5.41, 5.74) is -0.175. The number of benzene rings is 1. The van der Waals surface area contributed by atoms with Crippen LogP contribution in [0.4, 0.5) is 13.2 Å². The number of aryl methyl sites for hydroxylation is 1. The number of ether oxygens (including phenoxy) is 1. The lowest BCUT2D eigenvalue weighted by Crippen LogP contribution is -2.43. The van der Waals surface area contributed by atoms with E-state index in [9.17, 15) is 18.0 Å². The van der Waals surface area contributed by atoms with Crippen molar-refractivity contribution in [3.63, 3.8) is 0 Å². The number of halogens is 3. The van der Waals surface area contributed by atoms with Gasteiger partial charge in [0, 0.05) is 39.1 Å². The molecule has 1 aromatic carbocycles. The lowest BCUT2D eigenvalue weighted by molar-refractivity contribution is -0.136. The van der Waals surface area contributed by atoms with Crippen LogP contribution in [0.15, 0.2) is 53.8 Å². The molecule has 1 N–H and O–H groups in total. The molecule has 5 rings (SSSR count). The van der Waals surface area contributed by atoms with Crippen LogP contribution in [-0.4, -0.2) is 44.4 Å². The molecule has 0 saturated heterocycles. The number of nitrogens with zero attached hydrogens (tertiary/aromatic N) is 5. The van der Waals surface area contributed by atoms with E-state index in [1.54, 1.807) is 26.4 Å². The van der Waals surface area contributed by atoms with Gasteiger partial charge in [0.1, 0.15) is 12.2 Å². The van der Waals surface area contributed by atoms with E-state index in [1.807, 2.05) is 29.8 Å². The Balaban J connectivity index is 1.62. The second-order valence-electron chi connectivity index (χ2n) is 10.5. The van der Waals surface area contributed by atoms with Gasteiger partial charge >= 0.3 is 6.18 Å². The summed E-state index contributed by atoms with van der Waals surface area (Å²) in [7, 11) is 3.46. The van der Waals surface area contributed by atoms with Crippen molar-refractivity contribution in [2.75, 3.05) is 20.3 Å². The van der Waals surface area contributed by atoms with Gasteiger partial charge in [-0.1, -0.05) is 25.1 Å². The Labute approximate surface area is 223 Å². The highest BCUT2D eigenvalue weighted by atomic mass is 19.4. The quantitative estimate of drug-likeness (QED) is 0.331. The van der Waals surface area contributed by atoms with Gasteiger partial charge in [-0.25, -0.2) is 4.98 Å². The molecule has 0 spiro atoms. The molecule has 0 aliphatic heterocycles. The fraction of sp³-hybridized carbons (Fsp3) is 0.429. The fourth-order valence-corrected chi connectivity index (χ4v) is 5.72. The predicted molar refractivity (Wildman–Crippen MR) is 140 cm³/mol. The molecular formula is C28H31F3N6O2. The summed E-state index contributed by atoms with van der Waals surface area (Å²) in [5, 5.41) is 11.6. The molecule has 3 aromatic heterocycles. The predicted octanol–water partition coefficient (Wildman–Crippen LogP) is 4.52. The smallest absolute Gasteiger partial charge is 0.383 e. The molecular weight excluding hydrogens is 509 g/mol. The van der Waals surface area contributed by atoms with Crippen molar-refractivity contribution in [2.24, 2.45) is 13.0 Å². The minimum Gasteiger partial charge on any atom is -0.383 e. The summed E-state index contributed by atoms with van der Waals surface area (Å²) in [6.07, 6.45) is 1.42. The normalized spacial score (nSPS) is 20.2. The van der Waals surface area contributed by atoms with E-state index < -0.39 is 29.0 Å². The SMILES string of the molecule is COCCNC(C)c1cc(C(F)(F)F)c2ncc(-c3cccc(C4(c5nncn5C)CC(C)C4)c3)c(=O)n2c1. The zero-order chi connectivity index (χ0) is 27.9. The Morgan fingerprint density at radius 3 is 2.67 bits per heavy atom. The van der Waals surface area contributed by atoms with Gasteiger partial charge in [0.2, 0.25) is 0 Å². The van der Waals surface area contributed by atoms with Crippen LogP contribution in [-0.2, 0) is 23.4 Å². The molecule has 11 heteroatoms. The summed E-state index contributed by atoms with van der Waals surface area (Å²) in [5.74, 6) is 1.34. The molecule has 8 nitrogen and oxygen atoms in total. The Morgan fingerprint density at radius 1 is 1.26 bits per heavy atom. The number of methoxy groups -OCH3 is 1. The second-order valence-corrected chi connectivity index (χ2v) is 10.5. The molecule has 0 bridgehead atoms. The van der Waals surface area contributed by atoms with Crippen molar-refractivity contribution in [1.29, 1.82) is 0 Å². The molecule has 39 heavy (non-hydrogen) atoms. The first-order chi connectivity index (χ1) is 18.5. The second kappa shape index (κ2) is 10.2. The monoisotopic (exact) mass is 540 g/mol. The molecule has 4 aromatic rings. The summed E-state index contributed by atoms with van der Waals surface area (Å²) < 4.78 is 50.1. The number of fused-ring (bicyclic) bond motifs is 1. The zero-order valence-electron chi connectivity index (χ0n) is 22.3. The van der Waals surface area contributed by atoms with Crippen LogP contribution in [0.1, 0.15) is 55.2 Å². The largest absolute Gasteiger partial charge is 0.419 e. The van der Waals surface area contributed by atoms with Crippen LogP contribution in [0.25, 0.3) is 16.8 Å². The van der Waals surface area contributed by atoms with E-state index in [2.05, 4.69) is 27.4 Å². The lowest BCUT2D eigenvalue weighted by atomic mass is 9.58. The van der Waals surface area contributed by atoms with Crippen LogP contribution in [0, 0.1) is 5.92 Å². The standard InChI is InChI=1S/C28H31F3N6O2/c1-17-12-27(13-17,26-35-34-16-36(26)3)21-7-5-6-19(10-21)22-14-33-24-23(28(29,30)31)11-20(15-37(24)25(22)38)18(2)32-8-9-39-4/h5-7,10-11,14-18,32H,8-9,12-13H2,1-4H3. The van der Waals surface area contributed by atoms with Crippen molar-refractivity contribution < 1.29 is 17.9 Å². The van der Waals surface area contributed by atoms with Crippen molar-refractivity contribution in [1.82, 2.24) is 29.5 Å². The van der Waals surface area contributed by atoms with Crippen molar-refractivity contribution in [3.05, 3.63) is 81.9 Å². The van der Waals surface area contributed by atoms with Crippen molar-refractivity contribution in [2.45, 2.75) is 44.3 Å². The highest BCUT2D eigenvalue weighted by Gasteiger charge is 2.48. The summed E-state index contributed by atoms with van der Waals surface area (Å²) in [4.78, 5) is 17.9. The maximum atomic E-state index is 14.0. The van der Waals surface area contributed by atoms with E-state index in [4.69, 9.17) is 4.74 Å². The number of pyridine rings is 1. The molecule has 3 heterocycles. The number of hydrogen-bond donors (Lipinski definition) is 1. The summed E-state index contributed by atoms with van der Waals surface area (Å²) in [6, 6.07) is 8.17. The Bertz CT molecular complexity index is 1560. The van der Waals surface area contributed by atoms with Gasteiger partial charge in [-0.3, -0.25) is 9.20 Å². The first-order valence-corrected chi connectivity index (χ1v) is 12.9. The molecule has 1 aliphatic rings. The Morgan fingerprint density at radius 2 is 2.03 bits per heavy atom. The minimum atomic E-state index is -4.68. The van der Waals surface area contributed by atoms with Gasteiger partial charge in [-0.05, 0) is 54.5 Å². The van der Waals surface area contributed by atoms with Crippen molar-refractivity contribution in [3.8, 4) is 11.1 Å². The average molecular weight is 541 g/mol. The van der Waals surface area contributed by atoms with E-state index in [-0.39, 0.29) is 11.0 Å². The molecule has 1 saturated carbocycles. The fourth-order valence-electron chi connectivity index (χ4n) is 5.72. The van der Waals surface area contributed by atoms with Crippen LogP contribution in [0.5, 0.6) is 0 Å². The number of hydrogen-bond acceptors (Lipinski definition) is 6.